The van der Waals surface area contributed by atoms with Crippen LogP contribution in [0, 0.1) is 0 Å². The van der Waals surface area contributed by atoms with Crippen LogP contribution in [0.15, 0.2) is 49.2 Å². The van der Waals surface area contributed by atoms with Crippen LogP contribution in [0.3, 0.4) is 0 Å². The zero-order valence-electron chi connectivity index (χ0n) is 11.4. The standard InChI is InChI=1S/C15H18N4O/c1-3-4-11(2)17-15(20)14-9-10-19(18-14)13-7-5-12(16)6-8-13/h3,5-11H,1,4,16H2,2H3,(H,17,20). The Morgan fingerprint density at radius 3 is 2.80 bits per heavy atom. The summed E-state index contributed by atoms with van der Waals surface area (Å²) in [5.74, 6) is -0.187. The Bertz CT molecular complexity index is 601. The van der Waals surface area contributed by atoms with Gasteiger partial charge in [-0.25, -0.2) is 4.68 Å². The van der Waals surface area contributed by atoms with Crippen molar-refractivity contribution in [2.24, 2.45) is 0 Å². The molecule has 0 aliphatic carbocycles. The highest BCUT2D eigenvalue weighted by molar-refractivity contribution is 5.92. The van der Waals surface area contributed by atoms with Gasteiger partial charge in [-0.2, -0.15) is 5.10 Å². The fraction of sp³-hybridized carbons (Fsp3) is 0.200. The highest BCUT2D eigenvalue weighted by Gasteiger charge is 2.12. The summed E-state index contributed by atoms with van der Waals surface area (Å²) in [7, 11) is 0. The van der Waals surface area contributed by atoms with Crippen LogP contribution >= 0.6 is 0 Å². The lowest BCUT2D eigenvalue weighted by Gasteiger charge is -2.09. The normalized spacial score (nSPS) is 11.8. The minimum absolute atomic E-state index is 0.0432. The summed E-state index contributed by atoms with van der Waals surface area (Å²) in [5.41, 5.74) is 7.58. The van der Waals surface area contributed by atoms with Crippen molar-refractivity contribution in [3.63, 3.8) is 0 Å². The number of rotatable bonds is 5. The number of anilines is 1. The molecule has 0 bridgehead atoms. The number of carbonyl (C=O) groups excluding carboxylic acids is 1. The van der Waals surface area contributed by atoms with E-state index in [-0.39, 0.29) is 11.9 Å². The summed E-state index contributed by atoms with van der Waals surface area (Å²) in [6.07, 6.45) is 4.25. The number of nitrogen functional groups attached to an aromatic ring is 1. The molecule has 0 aliphatic heterocycles. The minimum atomic E-state index is -0.187. The molecule has 104 valence electrons. The summed E-state index contributed by atoms with van der Waals surface area (Å²) in [6, 6.07) is 9.02. The van der Waals surface area contributed by atoms with E-state index in [2.05, 4.69) is 17.0 Å². The van der Waals surface area contributed by atoms with Gasteiger partial charge in [0.25, 0.3) is 5.91 Å². The lowest BCUT2D eigenvalue weighted by molar-refractivity contribution is 0.0935. The Morgan fingerprint density at radius 2 is 2.15 bits per heavy atom. The van der Waals surface area contributed by atoms with E-state index < -0.39 is 0 Å². The van der Waals surface area contributed by atoms with Crippen LogP contribution in [-0.2, 0) is 0 Å². The summed E-state index contributed by atoms with van der Waals surface area (Å²) >= 11 is 0. The maximum absolute atomic E-state index is 12.0. The molecule has 1 unspecified atom stereocenters. The summed E-state index contributed by atoms with van der Waals surface area (Å²) < 4.78 is 1.65. The second-order valence-electron chi connectivity index (χ2n) is 4.64. The van der Waals surface area contributed by atoms with Crippen molar-refractivity contribution >= 4 is 11.6 Å². The molecule has 5 heteroatoms. The number of hydrogen-bond acceptors (Lipinski definition) is 3. The van der Waals surface area contributed by atoms with Gasteiger partial charge in [0.05, 0.1) is 5.69 Å². The van der Waals surface area contributed by atoms with E-state index in [1.54, 1.807) is 35.2 Å². The van der Waals surface area contributed by atoms with E-state index in [4.69, 9.17) is 5.73 Å². The van der Waals surface area contributed by atoms with Crippen LogP contribution < -0.4 is 11.1 Å². The smallest absolute Gasteiger partial charge is 0.272 e. The SMILES string of the molecule is C=CCC(C)NC(=O)c1ccn(-c2ccc(N)cc2)n1. The third kappa shape index (κ3) is 3.26. The lowest BCUT2D eigenvalue weighted by Crippen LogP contribution is -2.32. The van der Waals surface area contributed by atoms with E-state index in [1.165, 1.54) is 0 Å². The average Bonchev–Trinajstić information content (AvgIpc) is 2.89. The zero-order valence-corrected chi connectivity index (χ0v) is 11.4. The first kappa shape index (κ1) is 13.9. The Hall–Kier alpha value is -2.56. The molecule has 0 fully saturated rings. The van der Waals surface area contributed by atoms with E-state index >= 15 is 0 Å². The van der Waals surface area contributed by atoms with Gasteiger partial charge in [-0.05, 0) is 43.7 Å². The van der Waals surface area contributed by atoms with Gasteiger partial charge in [-0.15, -0.1) is 6.58 Å². The number of nitrogens with one attached hydrogen (secondary N) is 1. The highest BCUT2D eigenvalue weighted by Crippen LogP contribution is 2.10. The number of hydrogen-bond donors (Lipinski definition) is 2. The third-order valence-electron chi connectivity index (χ3n) is 2.88. The van der Waals surface area contributed by atoms with Crippen molar-refractivity contribution in [3.05, 3.63) is 54.9 Å². The van der Waals surface area contributed by atoms with Gasteiger partial charge in [0.2, 0.25) is 0 Å². The Balaban J connectivity index is 2.10. The molecule has 1 amide bonds. The molecule has 1 aromatic heterocycles. The molecule has 1 heterocycles. The van der Waals surface area contributed by atoms with Crippen molar-refractivity contribution in [2.45, 2.75) is 19.4 Å². The molecular weight excluding hydrogens is 252 g/mol. The molecule has 0 radical (unpaired) electrons. The van der Waals surface area contributed by atoms with Crippen LogP contribution in [0.2, 0.25) is 0 Å². The van der Waals surface area contributed by atoms with Crippen molar-refractivity contribution in [1.82, 2.24) is 15.1 Å². The first-order chi connectivity index (χ1) is 9.60. The highest BCUT2D eigenvalue weighted by atomic mass is 16.2. The van der Waals surface area contributed by atoms with E-state index in [0.717, 1.165) is 12.1 Å². The molecule has 2 aromatic rings. The summed E-state index contributed by atoms with van der Waals surface area (Å²) in [5, 5.41) is 7.13. The first-order valence-electron chi connectivity index (χ1n) is 6.43. The molecule has 2 rings (SSSR count). The molecule has 1 atom stereocenters. The minimum Gasteiger partial charge on any atom is -0.399 e. The molecule has 0 saturated heterocycles. The van der Waals surface area contributed by atoms with Gasteiger partial charge >= 0.3 is 0 Å². The quantitative estimate of drug-likeness (QED) is 0.646. The number of carbonyl (C=O) groups is 1. The van der Waals surface area contributed by atoms with Crippen molar-refractivity contribution < 1.29 is 4.79 Å². The fourth-order valence-electron chi connectivity index (χ4n) is 1.82. The number of nitrogens with two attached hydrogens (primary N) is 1. The number of amides is 1. The van der Waals surface area contributed by atoms with Crippen LogP contribution in [0.25, 0.3) is 5.69 Å². The van der Waals surface area contributed by atoms with Gasteiger partial charge in [0.1, 0.15) is 0 Å². The van der Waals surface area contributed by atoms with Gasteiger partial charge in [0, 0.05) is 17.9 Å². The molecule has 20 heavy (non-hydrogen) atoms. The lowest BCUT2D eigenvalue weighted by atomic mass is 10.2. The van der Waals surface area contributed by atoms with E-state index in [0.29, 0.717) is 11.4 Å². The van der Waals surface area contributed by atoms with Crippen LogP contribution in [0.1, 0.15) is 23.8 Å². The maximum atomic E-state index is 12.0. The molecule has 0 saturated carbocycles. The fourth-order valence-corrected chi connectivity index (χ4v) is 1.82. The number of nitrogens with zero attached hydrogens (tertiary/aromatic N) is 2. The van der Waals surface area contributed by atoms with Crippen molar-refractivity contribution in [3.8, 4) is 5.69 Å². The Kier molecular flexibility index (Phi) is 4.20. The predicted octanol–water partition coefficient (Wildman–Crippen LogP) is 2.15. The third-order valence-corrected chi connectivity index (χ3v) is 2.88. The van der Waals surface area contributed by atoms with Gasteiger partial charge in [-0.1, -0.05) is 6.08 Å². The van der Waals surface area contributed by atoms with Crippen molar-refractivity contribution in [2.75, 3.05) is 5.73 Å². The molecule has 5 nitrogen and oxygen atoms in total. The topological polar surface area (TPSA) is 72.9 Å². The Labute approximate surface area is 118 Å². The van der Waals surface area contributed by atoms with Crippen LogP contribution in [-0.4, -0.2) is 21.7 Å². The largest absolute Gasteiger partial charge is 0.399 e. The van der Waals surface area contributed by atoms with Gasteiger partial charge in [0.15, 0.2) is 5.69 Å². The molecule has 1 aromatic carbocycles. The van der Waals surface area contributed by atoms with E-state index in [9.17, 15) is 4.79 Å². The molecule has 0 aliphatic rings. The Morgan fingerprint density at radius 1 is 1.45 bits per heavy atom. The maximum Gasteiger partial charge on any atom is 0.272 e. The molecule has 3 N–H and O–H groups in total. The number of aromatic nitrogens is 2. The second kappa shape index (κ2) is 6.06. The van der Waals surface area contributed by atoms with Gasteiger partial charge in [-0.3, -0.25) is 4.79 Å². The van der Waals surface area contributed by atoms with Crippen LogP contribution in [0.4, 0.5) is 5.69 Å². The average molecular weight is 270 g/mol. The van der Waals surface area contributed by atoms with Crippen molar-refractivity contribution in [1.29, 1.82) is 0 Å². The van der Waals surface area contributed by atoms with Crippen LogP contribution in [0.5, 0.6) is 0 Å². The monoisotopic (exact) mass is 270 g/mol. The number of benzene rings is 1. The summed E-state index contributed by atoms with van der Waals surface area (Å²) in [4.78, 5) is 12.0. The molecular formula is C15H18N4O. The summed E-state index contributed by atoms with van der Waals surface area (Å²) in [6.45, 7) is 5.58. The first-order valence-corrected chi connectivity index (χ1v) is 6.43. The van der Waals surface area contributed by atoms with E-state index in [1.807, 2.05) is 19.1 Å². The predicted molar refractivity (Wildman–Crippen MR) is 79.7 cm³/mol. The zero-order chi connectivity index (χ0) is 14.5. The van der Waals surface area contributed by atoms with Gasteiger partial charge < -0.3 is 11.1 Å². The second-order valence-corrected chi connectivity index (χ2v) is 4.64. The molecule has 0 spiro atoms.